The van der Waals surface area contributed by atoms with Gasteiger partial charge in [-0.1, -0.05) is 30.3 Å². The van der Waals surface area contributed by atoms with Crippen LogP contribution in [0, 0.1) is 10.1 Å². The van der Waals surface area contributed by atoms with E-state index in [1.807, 2.05) is 0 Å². The van der Waals surface area contributed by atoms with Gasteiger partial charge >= 0.3 is 6.18 Å². The van der Waals surface area contributed by atoms with Gasteiger partial charge in [-0.3, -0.25) is 15.2 Å². The number of H-pyrrole nitrogens is 1. The fraction of sp³-hybridized carbons (Fsp3) is 0.182. The number of nitro groups is 1. The number of alkyl halides is 3. The minimum Gasteiger partial charge on any atom is -0.273 e. The predicted octanol–water partition coefficient (Wildman–Crippen LogP) is 2.79. The van der Waals surface area contributed by atoms with E-state index in [0.717, 1.165) is 6.20 Å². The first-order chi connectivity index (χ1) is 8.91. The molecule has 2 aromatic rings. The van der Waals surface area contributed by atoms with Crippen LogP contribution in [0.3, 0.4) is 0 Å². The highest BCUT2D eigenvalue weighted by Gasteiger charge is 2.41. The van der Waals surface area contributed by atoms with Gasteiger partial charge < -0.3 is 0 Å². The average molecular weight is 271 g/mol. The van der Waals surface area contributed by atoms with Crippen LogP contribution in [-0.4, -0.2) is 15.1 Å². The third kappa shape index (κ3) is 2.56. The molecule has 100 valence electrons. The number of aromatic amines is 1. The Bertz CT molecular complexity index is 580. The first kappa shape index (κ1) is 13.1. The lowest BCUT2D eigenvalue weighted by Crippen LogP contribution is -2.17. The second-order valence-corrected chi connectivity index (χ2v) is 3.80. The monoisotopic (exact) mass is 271 g/mol. The average Bonchev–Trinajstić information content (AvgIpc) is 2.79. The Hall–Kier alpha value is -2.38. The van der Waals surface area contributed by atoms with Crippen molar-refractivity contribution in [2.45, 2.75) is 12.2 Å². The molecule has 1 aromatic heterocycles. The van der Waals surface area contributed by atoms with Crippen molar-refractivity contribution in [1.29, 1.82) is 0 Å². The molecule has 0 spiro atoms. The van der Waals surface area contributed by atoms with Gasteiger partial charge in [-0.25, -0.2) is 0 Å². The lowest BCUT2D eigenvalue weighted by atomic mass is 10.00. The molecule has 1 heterocycles. The second kappa shape index (κ2) is 4.71. The summed E-state index contributed by atoms with van der Waals surface area (Å²) in [6.07, 6.45) is -3.88. The van der Waals surface area contributed by atoms with Gasteiger partial charge in [0.2, 0.25) is 0 Å². The number of nitrogens with one attached hydrogen (secondary N) is 1. The van der Waals surface area contributed by atoms with E-state index < -0.39 is 28.4 Å². The zero-order chi connectivity index (χ0) is 14.0. The molecular formula is C11H8F3N3O2. The molecule has 19 heavy (non-hydrogen) atoms. The molecule has 1 unspecified atom stereocenters. The Kier molecular flexibility index (Phi) is 3.24. The van der Waals surface area contributed by atoms with Crippen LogP contribution in [0.15, 0.2) is 36.5 Å². The summed E-state index contributed by atoms with van der Waals surface area (Å²) in [6, 6.07) is 5.89. The van der Waals surface area contributed by atoms with Crippen LogP contribution in [0.2, 0.25) is 0 Å². The Labute approximate surface area is 105 Å². The smallest absolute Gasteiger partial charge is 0.273 e. The molecule has 0 saturated heterocycles. The largest absolute Gasteiger partial charge is 0.433 e. The maximum atomic E-state index is 12.7. The standard InChI is InChI=1S/C11H8F3N3O2/c12-11(13,14)10-8(6-15-16-10)9(17(18)19)7-4-2-1-3-5-7/h1-6,9H,(H,15,16). The maximum absolute atomic E-state index is 12.7. The van der Waals surface area contributed by atoms with Crippen LogP contribution in [0.4, 0.5) is 13.2 Å². The van der Waals surface area contributed by atoms with Crippen molar-refractivity contribution < 1.29 is 18.1 Å². The molecule has 0 aliphatic rings. The van der Waals surface area contributed by atoms with E-state index in [1.54, 1.807) is 11.2 Å². The van der Waals surface area contributed by atoms with Crippen LogP contribution in [0.5, 0.6) is 0 Å². The van der Waals surface area contributed by atoms with Gasteiger partial charge in [0, 0.05) is 10.5 Å². The van der Waals surface area contributed by atoms with Crippen LogP contribution in [0.1, 0.15) is 22.9 Å². The van der Waals surface area contributed by atoms with Gasteiger partial charge in [0.05, 0.1) is 11.8 Å². The number of rotatable bonds is 3. The highest BCUT2D eigenvalue weighted by Crippen LogP contribution is 2.36. The van der Waals surface area contributed by atoms with E-state index in [-0.39, 0.29) is 5.56 Å². The van der Waals surface area contributed by atoms with Crippen molar-refractivity contribution in [3.63, 3.8) is 0 Å². The summed E-state index contributed by atoms with van der Waals surface area (Å²) in [6.45, 7) is 0. The van der Waals surface area contributed by atoms with Gasteiger partial charge in [0.25, 0.3) is 6.04 Å². The number of aromatic nitrogens is 2. The second-order valence-electron chi connectivity index (χ2n) is 3.80. The topological polar surface area (TPSA) is 71.8 Å². The molecule has 0 amide bonds. The molecule has 8 heteroatoms. The molecule has 0 aliphatic carbocycles. The number of halogens is 3. The molecule has 0 fully saturated rings. The van der Waals surface area contributed by atoms with Crippen LogP contribution in [0.25, 0.3) is 0 Å². The van der Waals surface area contributed by atoms with Gasteiger partial charge in [0.15, 0.2) is 0 Å². The predicted molar refractivity (Wildman–Crippen MR) is 58.9 cm³/mol. The minimum atomic E-state index is -4.71. The van der Waals surface area contributed by atoms with Crippen molar-refractivity contribution in [3.8, 4) is 0 Å². The first-order valence-electron chi connectivity index (χ1n) is 5.20. The van der Waals surface area contributed by atoms with Crippen LogP contribution >= 0.6 is 0 Å². The molecule has 0 bridgehead atoms. The molecule has 1 aromatic carbocycles. The summed E-state index contributed by atoms with van der Waals surface area (Å²) in [5.41, 5.74) is -1.53. The van der Waals surface area contributed by atoms with Crippen molar-refractivity contribution in [1.82, 2.24) is 10.2 Å². The van der Waals surface area contributed by atoms with Gasteiger partial charge in [-0.2, -0.15) is 18.3 Å². The van der Waals surface area contributed by atoms with Gasteiger partial charge in [0.1, 0.15) is 5.69 Å². The molecule has 0 radical (unpaired) electrons. The summed E-state index contributed by atoms with van der Waals surface area (Å²) >= 11 is 0. The molecule has 2 rings (SSSR count). The number of benzene rings is 1. The Morgan fingerprint density at radius 3 is 2.42 bits per heavy atom. The minimum absolute atomic E-state index is 0.166. The normalized spacial score (nSPS) is 13.2. The third-order valence-electron chi connectivity index (χ3n) is 2.57. The van der Waals surface area contributed by atoms with E-state index in [4.69, 9.17) is 0 Å². The molecular weight excluding hydrogens is 263 g/mol. The number of nitrogens with zero attached hydrogens (tertiary/aromatic N) is 2. The van der Waals surface area contributed by atoms with Gasteiger partial charge in [-0.15, -0.1) is 0 Å². The summed E-state index contributed by atoms with van der Waals surface area (Å²) < 4.78 is 38.2. The van der Waals surface area contributed by atoms with Crippen molar-refractivity contribution in [3.05, 3.63) is 63.5 Å². The van der Waals surface area contributed by atoms with Crippen molar-refractivity contribution >= 4 is 0 Å². The first-order valence-corrected chi connectivity index (χ1v) is 5.20. The highest BCUT2D eigenvalue weighted by molar-refractivity contribution is 5.32. The fourth-order valence-corrected chi connectivity index (χ4v) is 1.78. The fourth-order valence-electron chi connectivity index (χ4n) is 1.78. The zero-order valence-corrected chi connectivity index (χ0v) is 9.39. The summed E-state index contributed by atoms with van der Waals surface area (Å²) in [5, 5.41) is 16.1. The lowest BCUT2D eigenvalue weighted by Gasteiger charge is -2.11. The summed E-state index contributed by atoms with van der Waals surface area (Å²) in [5.74, 6) is 0. The Morgan fingerprint density at radius 1 is 1.26 bits per heavy atom. The number of hydrogen-bond donors (Lipinski definition) is 1. The van der Waals surface area contributed by atoms with Crippen LogP contribution in [-0.2, 0) is 6.18 Å². The quantitative estimate of drug-likeness (QED) is 0.689. The zero-order valence-electron chi connectivity index (χ0n) is 9.39. The van der Waals surface area contributed by atoms with E-state index in [9.17, 15) is 23.3 Å². The van der Waals surface area contributed by atoms with Gasteiger partial charge in [-0.05, 0) is 0 Å². The van der Waals surface area contributed by atoms with E-state index in [0.29, 0.717) is 0 Å². The summed E-state index contributed by atoms with van der Waals surface area (Å²) in [7, 11) is 0. The Balaban J connectivity index is 2.53. The maximum Gasteiger partial charge on any atom is 0.433 e. The lowest BCUT2D eigenvalue weighted by molar-refractivity contribution is -0.517. The van der Waals surface area contributed by atoms with E-state index >= 15 is 0 Å². The van der Waals surface area contributed by atoms with E-state index in [2.05, 4.69) is 5.10 Å². The molecule has 1 atom stereocenters. The van der Waals surface area contributed by atoms with Crippen molar-refractivity contribution in [2.24, 2.45) is 0 Å². The van der Waals surface area contributed by atoms with E-state index in [1.165, 1.54) is 24.3 Å². The third-order valence-corrected chi connectivity index (χ3v) is 2.57. The van der Waals surface area contributed by atoms with Crippen LogP contribution < -0.4 is 0 Å². The SMILES string of the molecule is O=[N+]([O-])C(c1ccccc1)c1cn[nH]c1C(F)(F)F. The summed E-state index contributed by atoms with van der Waals surface area (Å²) in [4.78, 5) is 10.3. The molecule has 0 saturated carbocycles. The number of hydrogen-bond acceptors (Lipinski definition) is 3. The molecule has 1 N–H and O–H groups in total. The Morgan fingerprint density at radius 2 is 1.89 bits per heavy atom. The molecule has 0 aliphatic heterocycles. The van der Waals surface area contributed by atoms with Crippen molar-refractivity contribution in [2.75, 3.05) is 0 Å². The molecule has 5 nitrogen and oxygen atoms in total. The highest BCUT2D eigenvalue weighted by atomic mass is 19.4.